The van der Waals surface area contributed by atoms with Crippen LogP contribution in [0.15, 0.2) is 36.4 Å². The first-order chi connectivity index (χ1) is 16.3. The normalized spacial score (nSPS) is 11.2. The van der Waals surface area contributed by atoms with Crippen molar-refractivity contribution in [3.05, 3.63) is 53.1 Å². The van der Waals surface area contributed by atoms with E-state index < -0.39 is 0 Å². The Balaban J connectivity index is 1.78. The van der Waals surface area contributed by atoms with Gasteiger partial charge in [0.25, 0.3) is 0 Å². The molecule has 0 unspecified atom stereocenters. The molecular weight excluding hydrogens is 432 g/mol. The molecule has 0 heterocycles. The minimum absolute atomic E-state index is 0.0464. The number of hydrogen-bond acceptors (Lipinski definition) is 6. The van der Waals surface area contributed by atoms with E-state index in [2.05, 4.69) is 10.6 Å². The largest absolute Gasteiger partial charge is 0.496 e. The number of carbonyl (C=O) groups is 1. The maximum absolute atomic E-state index is 12.1. The van der Waals surface area contributed by atoms with Crippen molar-refractivity contribution in [3.63, 3.8) is 0 Å². The van der Waals surface area contributed by atoms with Crippen molar-refractivity contribution in [2.75, 3.05) is 34.0 Å². The van der Waals surface area contributed by atoms with E-state index in [1.807, 2.05) is 57.2 Å². The fraction of sp³-hybridized carbons (Fsp3) is 0.519. The molecule has 34 heavy (non-hydrogen) atoms. The van der Waals surface area contributed by atoms with Gasteiger partial charge in [-0.25, -0.2) is 0 Å². The van der Waals surface area contributed by atoms with E-state index >= 15 is 0 Å². The third-order valence-corrected chi connectivity index (χ3v) is 5.59. The number of rotatable bonds is 15. The predicted octanol–water partition coefficient (Wildman–Crippen LogP) is 3.99. The zero-order valence-electron chi connectivity index (χ0n) is 21.2. The smallest absolute Gasteiger partial charge is 0.220 e. The minimum atomic E-state index is -0.207. The molecule has 7 nitrogen and oxygen atoms in total. The number of aliphatic hydroxyl groups is 1. The van der Waals surface area contributed by atoms with E-state index in [1.165, 1.54) is 5.56 Å². The van der Waals surface area contributed by atoms with Gasteiger partial charge in [-0.15, -0.1) is 0 Å². The standard InChI is InChI=1S/C27H40N2O5/c1-20-9-11-21(12-10-20)16-29-26(31)8-6-7-13-34-22-14-24(32-4)23(25(15-22)33-5)17-28-18-27(2,3)19-30/h9-12,14-15,28,30H,6-8,13,16-19H2,1-5H3,(H,29,31). The first-order valence-corrected chi connectivity index (χ1v) is 11.8. The molecule has 2 aromatic carbocycles. The number of hydrogen-bond donors (Lipinski definition) is 3. The highest BCUT2D eigenvalue weighted by Crippen LogP contribution is 2.34. The summed E-state index contributed by atoms with van der Waals surface area (Å²) in [7, 11) is 3.24. The number of aryl methyl sites for hydroxylation is 1. The van der Waals surface area contributed by atoms with E-state index in [1.54, 1.807) is 14.2 Å². The summed E-state index contributed by atoms with van der Waals surface area (Å²) in [4.78, 5) is 12.1. The first-order valence-electron chi connectivity index (χ1n) is 11.8. The molecule has 0 aliphatic carbocycles. The van der Waals surface area contributed by atoms with E-state index in [4.69, 9.17) is 14.2 Å². The average molecular weight is 473 g/mol. The maximum atomic E-state index is 12.1. The van der Waals surface area contributed by atoms with E-state index in [0.717, 1.165) is 24.0 Å². The molecule has 3 N–H and O–H groups in total. The highest BCUT2D eigenvalue weighted by Gasteiger charge is 2.18. The third-order valence-electron chi connectivity index (χ3n) is 5.59. The minimum Gasteiger partial charge on any atom is -0.496 e. The summed E-state index contributed by atoms with van der Waals surface area (Å²) in [6, 6.07) is 11.9. The summed E-state index contributed by atoms with van der Waals surface area (Å²) in [5, 5.41) is 15.8. The number of methoxy groups -OCH3 is 2. The lowest BCUT2D eigenvalue weighted by molar-refractivity contribution is -0.121. The summed E-state index contributed by atoms with van der Waals surface area (Å²) < 4.78 is 17.0. The molecular formula is C27H40N2O5. The molecule has 0 aromatic heterocycles. The maximum Gasteiger partial charge on any atom is 0.220 e. The van der Waals surface area contributed by atoms with Crippen LogP contribution in [0.3, 0.4) is 0 Å². The number of ether oxygens (including phenoxy) is 3. The fourth-order valence-electron chi connectivity index (χ4n) is 3.37. The van der Waals surface area contributed by atoms with Crippen molar-refractivity contribution in [3.8, 4) is 17.2 Å². The number of aliphatic hydroxyl groups excluding tert-OH is 1. The Kier molecular flexibility index (Phi) is 11.2. The van der Waals surface area contributed by atoms with Crippen LogP contribution in [-0.2, 0) is 17.9 Å². The van der Waals surface area contributed by atoms with Crippen LogP contribution >= 0.6 is 0 Å². The van der Waals surface area contributed by atoms with Crippen LogP contribution in [0.5, 0.6) is 17.2 Å². The van der Waals surface area contributed by atoms with E-state index in [0.29, 0.717) is 49.9 Å². The van der Waals surface area contributed by atoms with Crippen LogP contribution in [0, 0.1) is 12.3 Å². The van der Waals surface area contributed by atoms with Crippen molar-refractivity contribution in [2.45, 2.75) is 53.1 Å². The Morgan fingerprint density at radius 1 is 1.00 bits per heavy atom. The van der Waals surface area contributed by atoms with E-state index in [-0.39, 0.29) is 17.9 Å². The van der Waals surface area contributed by atoms with Gasteiger partial charge in [-0.2, -0.15) is 0 Å². The van der Waals surface area contributed by atoms with Gasteiger partial charge in [-0.3, -0.25) is 4.79 Å². The van der Waals surface area contributed by atoms with Gasteiger partial charge in [-0.1, -0.05) is 43.7 Å². The number of unbranched alkanes of at least 4 members (excludes halogenated alkanes) is 1. The lowest BCUT2D eigenvalue weighted by Crippen LogP contribution is -2.32. The quantitative estimate of drug-likeness (QED) is 0.340. The van der Waals surface area contributed by atoms with Crippen molar-refractivity contribution in [2.24, 2.45) is 5.41 Å². The second-order valence-corrected chi connectivity index (χ2v) is 9.30. The summed E-state index contributed by atoms with van der Waals surface area (Å²) in [6.45, 7) is 8.41. The molecule has 2 rings (SSSR count). The molecule has 188 valence electrons. The van der Waals surface area contributed by atoms with Crippen LogP contribution in [0.25, 0.3) is 0 Å². The molecule has 0 radical (unpaired) electrons. The second kappa shape index (κ2) is 13.8. The number of nitrogens with one attached hydrogen (secondary N) is 2. The zero-order chi connectivity index (χ0) is 25.0. The molecule has 0 bridgehead atoms. The van der Waals surface area contributed by atoms with Crippen LogP contribution in [0.4, 0.5) is 0 Å². The fourth-order valence-corrected chi connectivity index (χ4v) is 3.37. The SMILES string of the molecule is COc1cc(OCCCCC(=O)NCc2ccc(C)cc2)cc(OC)c1CNCC(C)(C)CO. The lowest BCUT2D eigenvalue weighted by atomic mass is 9.95. The van der Waals surface area contributed by atoms with E-state index in [9.17, 15) is 9.90 Å². The van der Waals surface area contributed by atoms with Gasteiger partial charge in [0.15, 0.2) is 0 Å². The van der Waals surface area contributed by atoms with Crippen LogP contribution in [0.2, 0.25) is 0 Å². The predicted molar refractivity (Wildman–Crippen MR) is 134 cm³/mol. The molecule has 1 amide bonds. The van der Waals surface area contributed by atoms with Crippen LogP contribution in [-0.4, -0.2) is 45.0 Å². The van der Waals surface area contributed by atoms with Crippen molar-refractivity contribution in [1.82, 2.24) is 10.6 Å². The Hall–Kier alpha value is -2.77. The topological polar surface area (TPSA) is 89.1 Å². The first kappa shape index (κ1) is 27.5. The molecule has 0 saturated heterocycles. The highest BCUT2D eigenvalue weighted by atomic mass is 16.5. The van der Waals surface area contributed by atoms with Gasteiger partial charge in [0, 0.05) is 50.2 Å². The highest BCUT2D eigenvalue weighted by molar-refractivity contribution is 5.75. The third kappa shape index (κ3) is 9.23. The number of amides is 1. The zero-order valence-corrected chi connectivity index (χ0v) is 21.2. The summed E-state index contributed by atoms with van der Waals surface area (Å²) in [5.41, 5.74) is 3.00. The summed E-state index contributed by atoms with van der Waals surface area (Å²) in [5.74, 6) is 2.07. The van der Waals surface area contributed by atoms with Crippen molar-refractivity contribution >= 4 is 5.91 Å². The molecule has 0 spiro atoms. The molecule has 0 atom stereocenters. The molecule has 0 saturated carbocycles. The van der Waals surface area contributed by atoms with Gasteiger partial charge < -0.3 is 30.0 Å². The number of carbonyl (C=O) groups excluding carboxylic acids is 1. The van der Waals surface area contributed by atoms with Crippen LogP contribution in [0.1, 0.15) is 49.8 Å². The van der Waals surface area contributed by atoms with Gasteiger partial charge in [0.2, 0.25) is 5.91 Å². The molecule has 7 heteroatoms. The van der Waals surface area contributed by atoms with Gasteiger partial charge in [0.1, 0.15) is 17.2 Å². The van der Waals surface area contributed by atoms with Crippen molar-refractivity contribution in [1.29, 1.82) is 0 Å². The van der Waals surface area contributed by atoms with Crippen molar-refractivity contribution < 1.29 is 24.1 Å². The van der Waals surface area contributed by atoms with Crippen LogP contribution < -0.4 is 24.8 Å². The monoisotopic (exact) mass is 472 g/mol. The van der Waals surface area contributed by atoms with Gasteiger partial charge in [-0.05, 0) is 25.3 Å². The van der Waals surface area contributed by atoms with Gasteiger partial charge >= 0.3 is 0 Å². The summed E-state index contributed by atoms with van der Waals surface area (Å²) in [6.07, 6.45) is 1.98. The molecule has 2 aromatic rings. The Morgan fingerprint density at radius 3 is 2.24 bits per heavy atom. The number of benzene rings is 2. The average Bonchev–Trinajstić information content (AvgIpc) is 2.83. The lowest BCUT2D eigenvalue weighted by Gasteiger charge is -2.23. The summed E-state index contributed by atoms with van der Waals surface area (Å²) >= 11 is 0. The Labute approximate surface area is 203 Å². The second-order valence-electron chi connectivity index (χ2n) is 9.30. The Morgan fingerprint density at radius 2 is 1.65 bits per heavy atom. The van der Waals surface area contributed by atoms with Gasteiger partial charge in [0.05, 0.1) is 26.4 Å². The molecule has 0 fully saturated rings. The Bertz CT molecular complexity index is 871. The molecule has 0 aliphatic heterocycles. The molecule has 0 aliphatic rings.